The molecule has 3 aromatic rings. The van der Waals surface area contributed by atoms with Crippen molar-refractivity contribution in [2.75, 3.05) is 0 Å². The minimum absolute atomic E-state index is 0.0774. The maximum atomic E-state index is 12.4. The first-order valence-corrected chi connectivity index (χ1v) is 7.26. The minimum Gasteiger partial charge on any atom is -0.268 e. The molecule has 2 heterocycles. The van der Waals surface area contributed by atoms with Crippen LogP contribution in [-0.4, -0.2) is 27.8 Å². The lowest BCUT2D eigenvalue weighted by molar-refractivity contribution is 0.575. The van der Waals surface area contributed by atoms with E-state index >= 15 is 0 Å². The number of hydrogen-bond acceptors (Lipinski definition) is 5. The maximum absolute atomic E-state index is 12.4. The van der Waals surface area contributed by atoms with E-state index in [1.807, 2.05) is 0 Å². The predicted molar refractivity (Wildman–Crippen MR) is 72.2 cm³/mol. The van der Waals surface area contributed by atoms with Gasteiger partial charge >= 0.3 is 10.0 Å². The molecule has 2 aromatic heterocycles. The van der Waals surface area contributed by atoms with Gasteiger partial charge in [0.2, 0.25) is 0 Å². The molecule has 0 aliphatic carbocycles. The highest BCUT2D eigenvalue weighted by Gasteiger charge is 2.23. The molecule has 0 amide bonds. The van der Waals surface area contributed by atoms with Crippen molar-refractivity contribution in [1.82, 2.24) is 19.4 Å². The van der Waals surface area contributed by atoms with Gasteiger partial charge in [-0.2, -0.15) is 17.6 Å². The fourth-order valence-corrected chi connectivity index (χ4v) is 3.22. The third-order valence-electron chi connectivity index (χ3n) is 2.66. The number of halogens is 1. The number of nitrogens with zero attached hydrogens (tertiary/aromatic N) is 3. The Balaban J connectivity index is 2.29. The largest absolute Gasteiger partial charge is 0.302 e. The highest BCUT2D eigenvalue weighted by atomic mass is 35.5. The molecule has 20 heavy (non-hydrogen) atoms. The van der Waals surface area contributed by atoms with Crippen molar-refractivity contribution in [2.45, 2.75) is 5.03 Å². The van der Waals surface area contributed by atoms with E-state index in [1.54, 1.807) is 24.3 Å². The Morgan fingerprint density at radius 1 is 1.15 bits per heavy atom. The zero-order valence-corrected chi connectivity index (χ0v) is 11.4. The molecule has 0 bridgehead atoms. The molecule has 9 heteroatoms. The van der Waals surface area contributed by atoms with Gasteiger partial charge in [-0.1, -0.05) is 23.7 Å². The summed E-state index contributed by atoms with van der Waals surface area (Å²) in [5.74, 6) is 0. The minimum atomic E-state index is -4.02. The molecule has 1 N–H and O–H groups in total. The Bertz CT molecular complexity index is 941. The lowest BCUT2D eigenvalue weighted by atomic mass is 10.3. The lowest BCUT2D eigenvalue weighted by Gasteiger charge is -2.03. The number of fused-ring (bicyclic) bond motifs is 1. The SMILES string of the molecule is O=c1ccc(S(=O)(=O)n2nc(Cl)c3ccccc32)n[nH]1. The molecule has 0 saturated heterocycles. The van der Waals surface area contributed by atoms with Crippen LogP contribution in [0.4, 0.5) is 0 Å². The Morgan fingerprint density at radius 2 is 1.90 bits per heavy atom. The fraction of sp³-hybridized carbons (Fsp3) is 0. The molecule has 0 saturated carbocycles. The molecule has 0 fully saturated rings. The second-order valence-electron chi connectivity index (χ2n) is 3.92. The molecule has 0 unspecified atom stereocenters. The molecule has 1 aromatic carbocycles. The summed E-state index contributed by atoms with van der Waals surface area (Å²) < 4.78 is 25.7. The summed E-state index contributed by atoms with van der Waals surface area (Å²) in [5.41, 5.74) is -0.155. The van der Waals surface area contributed by atoms with Gasteiger partial charge in [0.15, 0.2) is 10.2 Å². The van der Waals surface area contributed by atoms with Crippen molar-refractivity contribution in [2.24, 2.45) is 0 Å². The number of rotatable bonds is 2. The summed E-state index contributed by atoms with van der Waals surface area (Å²) in [6.07, 6.45) is 0. The monoisotopic (exact) mass is 310 g/mol. The van der Waals surface area contributed by atoms with Gasteiger partial charge in [0.25, 0.3) is 5.56 Å². The summed E-state index contributed by atoms with van der Waals surface area (Å²) in [4.78, 5) is 10.9. The normalized spacial score (nSPS) is 11.8. The van der Waals surface area contributed by atoms with E-state index in [-0.39, 0.29) is 10.2 Å². The molecular formula is C11H7ClN4O3S. The van der Waals surface area contributed by atoms with E-state index in [0.29, 0.717) is 10.9 Å². The molecule has 7 nitrogen and oxygen atoms in total. The van der Waals surface area contributed by atoms with Crippen LogP contribution in [0.15, 0.2) is 46.2 Å². The van der Waals surface area contributed by atoms with Gasteiger partial charge in [0.05, 0.1) is 5.52 Å². The number of hydrogen-bond donors (Lipinski definition) is 1. The first kappa shape index (κ1) is 12.8. The van der Waals surface area contributed by atoms with E-state index in [2.05, 4.69) is 15.3 Å². The van der Waals surface area contributed by atoms with E-state index in [1.165, 1.54) is 0 Å². The van der Waals surface area contributed by atoms with E-state index in [9.17, 15) is 13.2 Å². The number of H-pyrrole nitrogens is 1. The smallest absolute Gasteiger partial charge is 0.268 e. The maximum Gasteiger partial charge on any atom is 0.302 e. The zero-order valence-electron chi connectivity index (χ0n) is 9.82. The average molecular weight is 311 g/mol. The van der Waals surface area contributed by atoms with Crippen molar-refractivity contribution in [3.63, 3.8) is 0 Å². The van der Waals surface area contributed by atoms with Crippen LogP contribution < -0.4 is 5.56 Å². The average Bonchev–Trinajstić information content (AvgIpc) is 2.78. The summed E-state index contributed by atoms with van der Waals surface area (Å²) >= 11 is 5.92. The highest BCUT2D eigenvalue weighted by molar-refractivity contribution is 7.89. The molecule has 102 valence electrons. The van der Waals surface area contributed by atoms with Crippen molar-refractivity contribution < 1.29 is 8.42 Å². The van der Waals surface area contributed by atoms with Gasteiger partial charge in [0.1, 0.15) is 0 Å². The standard InChI is InChI=1S/C11H7ClN4O3S/c12-11-7-3-1-2-4-8(7)16(15-11)20(18,19)10-6-5-9(17)13-14-10/h1-6H,(H,13,17). The summed E-state index contributed by atoms with van der Waals surface area (Å²) in [7, 11) is -4.02. The van der Waals surface area contributed by atoms with Crippen LogP contribution in [-0.2, 0) is 10.0 Å². The van der Waals surface area contributed by atoms with Gasteiger partial charge < -0.3 is 0 Å². The van der Waals surface area contributed by atoms with Gasteiger partial charge in [0, 0.05) is 11.5 Å². The van der Waals surface area contributed by atoms with E-state index < -0.39 is 15.6 Å². The topological polar surface area (TPSA) is 97.7 Å². The first-order valence-electron chi connectivity index (χ1n) is 5.45. The van der Waals surface area contributed by atoms with Crippen LogP contribution in [0.2, 0.25) is 5.15 Å². The van der Waals surface area contributed by atoms with Crippen molar-refractivity contribution in [1.29, 1.82) is 0 Å². The third-order valence-corrected chi connectivity index (χ3v) is 4.43. The molecule has 0 atom stereocenters. The van der Waals surface area contributed by atoms with Crippen LogP contribution in [0, 0.1) is 0 Å². The number of aromatic amines is 1. The van der Waals surface area contributed by atoms with E-state index in [4.69, 9.17) is 11.6 Å². The van der Waals surface area contributed by atoms with Crippen molar-refractivity contribution in [3.05, 3.63) is 51.9 Å². The molecule has 0 radical (unpaired) electrons. The predicted octanol–water partition coefficient (Wildman–Crippen LogP) is 1.01. The van der Waals surface area contributed by atoms with Gasteiger partial charge in [-0.3, -0.25) is 4.79 Å². The highest BCUT2D eigenvalue weighted by Crippen LogP contribution is 2.25. The van der Waals surface area contributed by atoms with Crippen molar-refractivity contribution in [3.8, 4) is 0 Å². The number of para-hydroxylation sites is 1. The number of benzene rings is 1. The Hall–Kier alpha value is -2.19. The van der Waals surface area contributed by atoms with Gasteiger partial charge in [-0.25, -0.2) is 5.10 Å². The lowest BCUT2D eigenvalue weighted by Crippen LogP contribution is -2.18. The number of nitrogens with one attached hydrogen (secondary N) is 1. The zero-order chi connectivity index (χ0) is 14.3. The van der Waals surface area contributed by atoms with Crippen LogP contribution in [0.3, 0.4) is 0 Å². The van der Waals surface area contributed by atoms with Crippen LogP contribution in [0.1, 0.15) is 0 Å². The summed E-state index contributed by atoms with van der Waals surface area (Å²) in [6, 6.07) is 8.83. The fourth-order valence-electron chi connectivity index (χ4n) is 1.75. The second kappa shape index (κ2) is 4.43. The van der Waals surface area contributed by atoms with Gasteiger partial charge in [-0.05, 0) is 18.2 Å². The molecular weight excluding hydrogens is 304 g/mol. The summed E-state index contributed by atoms with van der Waals surface area (Å²) in [5, 5.41) is 9.68. The molecule has 0 aliphatic rings. The second-order valence-corrected chi connectivity index (χ2v) is 5.99. The van der Waals surface area contributed by atoms with Crippen LogP contribution in [0.5, 0.6) is 0 Å². The van der Waals surface area contributed by atoms with Gasteiger partial charge in [-0.15, -0.1) is 5.10 Å². The quantitative estimate of drug-likeness (QED) is 0.761. The first-order chi connectivity index (χ1) is 9.50. The molecule has 0 spiro atoms. The van der Waals surface area contributed by atoms with Crippen molar-refractivity contribution >= 4 is 32.5 Å². The number of aromatic nitrogens is 4. The van der Waals surface area contributed by atoms with E-state index in [0.717, 1.165) is 16.2 Å². The Morgan fingerprint density at radius 3 is 2.60 bits per heavy atom. The Labute approximate surface area is 117 Å². The molecule has 0 aliphatic heterocycles. The summed E-state index contributed by atoms with van der Waals surface area (Å²) in [6.45, 7) is 0. The van der Waals surface area contributed by atoms with Crippen LogP contribution in [0.25, 0.3) is 10.9 Å². The Kier molecular flexibility index (Phi) is 2.84. The van der Waals surface area contributed by atoms with Crippen LogP contribution >= 0.6 is 11.6 Å². The third kappa shape index (κ3) is 1.89. The molecule has 3 rings (SSSR count).